The topological polar surface area (TPSA) is 180 Å². The molecule has 0 aromatic rings. The first-order chi connectivity index (χ1) is 20.1. The maximum atomic E-state index is 11.9. The zero-order valence-electron chi connectivity index (χ0n) is 26.4. The average molecular weight is 613 g/mol. The van der Waals surface area contributed by atoms with E-state index < -0.39 is 61.7 Å². The Morgan fingerprint density at radius 2 is 1.67 bits per heavy atom. The van der Waals surface area contributed by atoms with Crippen molar-refractivity contribution in [2.24, 2.45) is 46.3 Å². The van der Waals surface area contributed by atoms with Gasteiger partial charge < -0.3 is 50.3 Å². The highest BCUT2D eigenvalue weighted by Gasteiger charge is 2.64. The van der Waals surface area contributed by atoms with Crippen molar-refractivity contribution >= 4 is 0 Å². The Bertz CT molecular complexity index is 1000. The second kappa shape index (κ2) is 12.5. The number of hydrogen-bond donors (Lipinski definition) is 8. The highest BCUT2D eigenvalue weighted by Crippen LogP contribution is 2.67. The van der Waals surface area contributed by atoms with E-state index in [4.69, 9.17) is 9.47 Å². The van der Waals surface area contributed by atoms with Crippen molar-refractivity contribution in [1.82, 2.24) is 0 Å². The van der Waals surface area contributed by atoms with Gasteiger partial charge >= 0.3 is 0 Å². The molecule has 0 amide bonds. The van der Waals surface area contributed by atoms with Crippen LogP contribution in [-0.2, 0) is 9.47 Å². The molecule has 0 aromatic heterocycles. The summed E-state index contributed by atoms with van der Waals surface area (Å²) in [6, 6.07) is 0. The molecule has 248 valence electrons. The van der Waals surface area contributed by atoms with Gasteiger partial charge in [0, 0.05) is 0 Å². The molecule has 1 heterocycles. The van der Waals surface area contributed by atoms with Crippen LogP contribution in [0.15, 0.2) is 11.6 Å². The first-order valence-corrected chi connectivity index (χ1v) is 16.5. The van der Waals surface area contributed by atoms with Gasteiger partial charge in [0.05, 0.1) is 37.1 Å². The molecule has 0 aromatic carbocycles. The van der Waals surface area contributed by atoms with Crippen LogP contribution in [0.5, 0.6) is 0 Å². The molecule has 5 rings (SSSR count). The molecule has 10 heteroatoms. The van der Waals surface area contributed by atoms with E-state index in [2.05, 4.69) is 19.9 Å². The van der Waals surface area contributed by atoms with Crippen LogP contribution >= 0.6 is 0 Å². The number of hydrogen-bond acceptors (Lipinski definition) is 10. The zero-order chi connectivity index (χ0) is 31.6. The average Bonchev–Trinajstić information content (AvgIpc) is 3.21. The molecule has 0 unspecified atom stereocenters. The molecule has 8 N–H and O–H groups in total. The van der Waals surface area contributed by atoms with Gasteiger partial charge in [-0.2, -0.15) is 0 Å². The molecule has 1 saturated heterocycles. The van der Waals surface area contributed by atoms with Crippen molar-refractivity contribution in [3.05, 3.63) is 11.6 Å². The quantitative estimate of drug-likeness (QED) is 0.185. The molecule has 0 bridgehead atoms. The smallest absolute Gasteiger partial charge is 0.186 e. The minimum atomic E-state index is -1.49. The van der Waals surface area contributed by atoms with Crippen LogP contribution in [0.25, 0.3) is 0 Å². The first kappa shape index (κ1) is 33.7. The molecule has 4 fully saturated rings. The SMILES string of the molecule is CC(C)[C@H](O)C[C@H](O)[C@@H](C)[C@H]1[C@@H](O)C[C@H]2[C@@H]3CC=C4C[C@@H](O[C@@H]5O[C@H](CO)[C@@H](O)[C@H](O)[C@H]5O)CC[C@]4(C)[C@H]3[C@H](O)C[C@]12C. The van der Waals surface area contributed by atoms with Gasteiger partial charge in [0.15, 0.2) is 6.29 Å². The molecular weight excluding hydrogens is 556 g/mol. The van der Waals surface area contributed by atoms with Crippen LogP contribution in [0.3, 0.4) is 0 Å². The monoisotopic (exact) mass is 612 g/mol. The van der Waals surface area contributed by atoms with Crippen LogP contribution in [0, 0.1) is 46.3 Å². The van der Waals surface area contributed by atoms with E-state index in [1.54, 1.807) is 0 Å². The normalized spacial score (nSPS) is 50.3. The van der Waals surface area contributed by atoms with E-state index in [1.165, 1.54) is 5.57 Å². The van der Waals surface area contributed by atoms with Crippen molar-refractivity contribution in [3.63, 3.8) is 0 Å². The van der Waals surface area contributed by atoms with E-state index in [1.807, 2.05) is 20.8 Å². The molecule has 4 aliphatic carbocycles. The Morgan fingerprint density at radius 3 is 2.33 bits per heavy atom. The highest BCUT2D eigenvalue weighted by atomic mass is 16.7. The van der Waals surface area contributed by atoms with Gasteiger partial charge in [-0.1, -0.05) is 46.3 Å². The lowest BCUT2D eigenvalue weighted by Gasteiger charge is -2.60. The second-order valence-corrected chi connectivity index (χ2v) is 15.5. The van der Waals surface area contributed by atoms with E-state index >= 15 is 0 Å². The number of aliphatic hydroxyl groups is 8. The third kappa shape index (κ3) is 5.77. The Hall–Kier alpha value is -0.660. The number of allylic oxidation sites excluding steroid dienone is 1. The van der Waals surface area contributed by atoms with Gasteiger partial charge in [-0.3, -0.25) is 0 Å². The van der Waals surface area contributed by atoms with Crippen molar-refractivity contribution in [2.45, 2.75) is 141 Å². The fourth-order valence-corrected chi connectivity index (χ4v) is 10.2. The third-order valence-corrected chi connectivity index (χ3v) is 12.7. The summed E-state index contributed by atoms with van der Waals surface area (Å²) in [5.74, 6) is 0.0510. The van der Waals surface area contributed by atoms with Gasteiger partial charge in [-0.15, -0.1) is 0 Å². The summed E-state index contributed by atoms with van der Waals surface area (Å²) in [7, 11) is 0. The summed E-state index contributed by atoms with van der Waals surface area (Å²) in [6.07, 6.45) is -2.79. The lowest BCUT2D eigenvalue weighted by atomic mass is 9.46. The van der Waals surface area contributed by atoms with Crippen molar-refractivity contribution < 1.29 is 50.3 Å². The van der Waals surface area contributed by atoms with E-state index in [0.717, 1.165) is 12.8 Å². The predicted octanol–water partition coefficient (Wildman–Crippen LogP) is 1.10. The summed E-state index contributed by atoms with van der Waals surface area (Å²) in [5.41, 5.74) is 0.613. The number of ether oxygens (including phenoxy) is 2. The molecule has 0 radical (unpaired) electrons. The summed E-state index contributed by atoms with van der Waals surface area (Å²) in [6.45, 7) is 9.76. The molecule has 43 heavy (non-hydrogen) atoms. The van der Waals surface area contributed by atoms with Crippen molar-refractivity contribution in [1.29, 1.82) is 0 Å². The highest BCUT2D eigenvalue weighted by molar-refractivity contribution is 5.27. The molecular formula is C33H56O10. The lowest BCUT2D eigenvalue weighted by Crippen LogP contribution is -2.60. The summed E-state index contributed by atoms with van der Waals surface area (Å²) in [5, 5.41) is 85.2. The van der Waals surface area contributed by atoms with Crippen LogP contribution in [0.2, 0.25) is 0 Å². The summed E-state index contributed by atoms with van der Waals surface area (Å²) in [4.78, 5) is 0. The Morgan fingerprint density at radius 1 is 0.977 bits per heavy atom. The number of fused-ring (bicyclic) bond motifs is 5. The van der Waals surface area contributed by atoms with Crippen LogP contribution in [0.4, 0.5) is 0 Å². The van der Waals surface area contributed by atoms with Crippen LogP contribution in [-0.4, -0.2) is 109 Å². The van der Waals surface area contributed by atoms with Gasteiger partial charge in [0.2, 0.25) is 0 Å². The van der Waals surface area contributed by atoms with Gasteiger partial charge in [-0.05, 0) is 91.3 Å². The molecule has 10 nitrogen and oxygen atoms in total. The van der Waals surface area contributed by atoms with Crippen molar-refractivity contribution in [3.8, 4) is 0 Å². The minimum absolute atomic E-state index is 0.0210. The Balaban J connectivity index is 1.31. The van der Waals surface area contributed by atoms with Crippen LogP contribution < -0.4 is 0 Å². The Labute approximate surface area is 255 Å². The molecule has 0 spiro atoms. The summed E-state index contributed by atoms with van der Waals surface area (Å²) >= 11 is 0. The Kier molecular flexibility index (Phi) is 9.80. The minimum Gasteiger partial charge on any atom is -0.394 e. The number of rotatable bonds is 8. The maximum Gasteiger partial charge on any atom is 0.186 e. The molecule has 1 aliphatic heterocycles. The molecule has 17 atom stereocenters. The van der Waals surface area contributed by atoms with E-state index in [-0.39, 0.29) is 58.9 Å². The van der Waals surface area contributed by atoms with Gasteiger partial charge in [0.25, 0.3) is 0 Å². The van der Waals surface area contributed by atoms with Gasteiger partial charge in [-0.25, -0.2) is 0 Å². The zero-order valence-corrected chi connectivity index (χ0v) is 26.4. The van der Waals surface area contributed by atoms with Crippen molar-refractivity contribution in [2.75, 3.05) is 6.61 Å². The maximum absolute atomic E-state index is 11.9. The molecule has 3 saturated carbocycles. The lowest BCUT2D eigenvalue weighted by molar-refractivity contribution is -0.313. The standard InChI is InChI=1S/C33H56O10/c1-15(2)21(35)12-22(36)16(3)26-23(37)11-20-19-7-6-17-10-18(42-31-30(41)29(40)28(39)25(14-34)43-31)8-9-32(17,4)27(19)24(38)13-33(20,26)5/h6,15-16,18-31,34-41H,7-14H2,1-5H3/t16-,18+,19+,20+,21-,22+,23+,24-,25-,26+,27-,28-,29+,30-,31-,32+,33+/m1/s1. The molecule has 5 aliphatic rings. The summed E-state index contributed by atoms with van der Waals surface area (Å²) < 4.78 is 11.7. The van der Waals surface area contributed by atoms with E-state index in [0.29, 0.717) is 25.7 Å². The predicted molar refractivity (Wildman–Crippen MR) is 157 cm³/mol. The van der Waals surface area contributed by atoms with Gasteiger partial charge in [0.1, 0.15) is 24.4 Å². The first-order valence-electron chi connectivity index (χ1n) is 16.5. The van der Waals surface area contributed by atoms with E-state index in [9.17, 15) is 40.9 Å². The fraction of sp³-hybridized carbons (Fsp3) is 0.939. The fourth-order valence-electron chi connectivity index (χ4n) is 10.2. The third-order valence-electron chi connectivity index (χ3n) is 12.7. The second-order valence-electron chi connectivity index (χ2n) is 15.5. The number of aliphatic hydroxyl groups excluding tert-OH is 8. The largest absolute Gasteiger partial charge is 0.394 e. The van der Waals surface area contributed by atoms with Crippen LogP contribution in [0.1, 0.15) is 79.6 Å².